The molecule has 0 aliphatic rings. The van der Waals surface area contributed by atoms with Crippen molar-refractivity contribution in [3.63, 3.8) is 0 Å². The van der Waals surface area contributed by atoms with E-state index in [2.05, 4.69) is 9.64 Å². The highest BCUT2D eigenvalue weighted by atomic mass is 16.6. The smallest absolute Gasteiger partial charge is 0.348 e. The standard InChI is InChI=1S/C22H25NO5/c1-26-21(24)13-14-28-20(22(25)27-2)17-23(15-18-9-5-3-6-10-18)16-19-11-7-4-8-12-19/h3-14,20H,15-17H2,1-2H3/b14-13+. The zero-order chi connectivity index (χ0) is 20.2. The number of benzene rings is 2. The Bertz CT molecular complexity index is 720. The molecule has 0 amide bonds. The van der Waals surface area contributed by atoms with Gasteiger partial charge in [0, 0.05) is 19.6 Å². The van der Waals surface area contributed by atoms with Crippen molar-refractivity contribution < 1.29 is 23.8 Å². The number of methoxy groups -OCH3 is 2. The van der Waals surface area contributed by atoms with E-state index in [9.17, 15) is 9.59 Å². The van der Waals surface area contributed by atoms with E-state index >= 15 is 0 Å². The molecule has 0 aromatic heterocycles. The van der Waals surface area contributed by atoms with E-state index < -0.39 is 18.0 Å². The van der Waals surface area contributed by atoms with E-state index in [-0.39, 0.29) is 0 Å². The lowest BCUT2D eigenvalue weighted by Crippen LogP contribution is -2.38. The summed E-state index contributed by atoms with van der Waals surface area (Å²) in [5, 5.41) is 0. The molecule has 2 aromatic rings. The van der Waals surface area contributed by atoms with Gasteiger partial charge in [-0.2, -0.15) is 0 Å². The fourth-order valence-corrected chi connectivity index (χ4v) is 2.67. The molecule has 0 heterocycles. The fraction of sp³-hybridized carbons (Fsp3) is 0.273. The molecule has 148 valence electrons. The Kier molecular flexibility index (Phi) is 8.75. The SMILES string of the molecule is COC(=O)/C=C/OC(CN(Cc1ccccc1)Cc1ccccc1)C(=O)OC. The first kappa shape index (κ1) is 21.2. The molecule has 2 rings (SSSR count). The lowest BCUT2D eigenvalue weighted by Gasteiger charge is -2.26. The monoisotopic (exact) mass is 383 g/mol. The van der Waals surface area contributed by atoms with E-state index in [4.69, 9.17) is 9.47 Å². The zero-order valence-corrected chi connectivity index (χ0v) is 16.1. The molecule has 0 fully saturated rings. The maximum Gasteiger partial charge on any atom is 0.348 e. The first-order valence-corrected chi connectivity index (χ1v) is 8.90. The van der Waals surface area contributed by atoms with Crippen molar-refractivity contribution in [1.82, 2.24) is 4.90 Å². The molecule has 0 saturated carbocycles. The lowest BCUT2D eigenvalue weighted by molar-refractivity contribution is -0.152. The van der Waals surface area contributed by atoms with Crippen LogP contribution in [0.3, 0.4) is 0 Å². The van der Waals surface area contributed by atoms with Gasteiger partial charge in [0.2, 0.25) is 6.10 Å². The first-order valence-electron chi connectivity index (χ1n) is 8.90. The second kappa shape index (κ2) is 11.6. The van der Waals surface area contributed by atoms with Gasteiger partial charge in [0.05, 0.1) is 26.6 Å². The third-order valence-electron chi connectivity index (χ3n) is 4.03. The molecule has 1 atom stereocenters. The molecule has 28 heavy (non-hydrogen) atoms. The normalized spacial score (nSPS) is 12.0. The predicted molar refractivity (Wildman–Crippen MR) is 105 cm³/mol. The Morgan fingerprint density at radius 2 is 1.43 bits per heavy atom. The molecule has 0 aliphatic heterocycles. The Balaban J connectivity index is 2.14. The average molecular weight is 383 g/mol. The Hall–Kier alpha value is -3.12. The summed E-state index contributed by atoms with van der Waals surface area (Å²) in [7, 11) is 2.58. The molecule has 0 saturated heterocycles. The van der Waals surface area contributed by atoms with E-state index in [1.165, 1.54) is 14.2 Å². The van der Waals surface area contributed by atoms with E-state index in [1.807, 2.05) is 60.7 Å². The van der Waals surface area contributed by atoms with Crippen LogP contribution in [0.15, 0.2) is 73.0 Å². The van der Waals surface area contributed by atoms with E-state index in [1.54, 1.807) is 0 Å². The van der Waals surface area contributed by atoms with Crippen LogP contribution in [-0.2, 0) is 36.9 Å². The minimum absolute atomic E-state index is 0.294. The molecular weight excluding hydrogens is 358 g/mol. The summed E-state index contributed by atoms with van der Waals surface area (Å²) >= 11 is 0. The van der Waals surface area contributed by atoms with Crippen LogP contribution in [0.4, 0.5) is 0 Å². The van der Waals surface area contributed by atoms with Crippen LogP contribution >= 0.6 is 0 Å². The van der Waals surface area contributed by atoms with Crippen molar-refractivity contribution in [3.8, 4) is 0 Å². The summed E-state index contributed by atoms with van der Waals surface area (Å²) in [6.07, 6.45) is 1.41. The summed E-state index contributed by atoms with van der Waals surface area (Å²) in [5.41, 5.74) is 2.24. The molecule has 0 bridgehead atoms. The highest BCUT2D eigenvalue weighted by Crippen LogP contribution is 2.12. The summed E-state index contributed by atoms with van der Waals surface area (Å²) in [4.78, 5) is 25.5. The van der Waals surface area contributed by atoms with Crippen LogP contribution in [0.1, 0.15) is 11.1 Å². The molecule has 6 nitrogen and oxygen atoms in total. The summed E-state index contributed by atoms with van der Waals surface area (Å²) in [6, 6.07) is 19.9. The van der Waals surface area contributed by atoms with Crippen molar-refractivity contribution >= 4 is 11.9 Å². The van der Waals surface area contributed by atoms with Gasteiger partial charge in [-0.3, -0.25) is 4.90 Å². The lowest BCUT2D eigenvalue weighted by atomic mass is 10.1. The molecule has 6 heteroatoms. The van der Waals surface area contributed by atoms with Gasteiger partial charge in [-0.1, -0.05) is 60.7 Å². The summed E-state index contributed by atoms with van der Waals surface area (Å²) in [5.74, 6) is -1.07. The Morgan fingerprint density at radius 1 is 0.893 bits per heavy atom. The van der Waals surface area contributed by atoms with Gasteiger partial charge in [0.1, 0.15) is 0 Å². The number of carbonyl (C=O) groups is 2. The largest absolute Gasteiger partial charge is 0.485 e. The first-order chi connectivity index (χ1) is 13.6. The molecular formula is C22H25NO5. The Morgan fingerprint density at radius 3 is 1.89 bits per heavy atom. The van der Waals surface area contributed by atoms with Crippen LogP contribution in [0, 0.1) is 0 Å². The molecule has 1 unspecified atom stereocenters. The Labute approximate surface area is 165 Å². The molecule has 2 aromatic carbocycles. The van der Waals surface area contributed by atoms with Crippen LogP contribution < -0.4 is 0 Å². The van der Waals surface area contributed by atoms with E-state index in [0.717, 1.165) is 23.5 Å². The predicted octanol–water partition coefficient (Wildman–Crippen LogP) is 2.93. The van der Waals surface area contributed by atoms with Gasteiger partial charge in [-0.05, 0) is 11.1 Å². The molecule has 0 N–H and O–H groups in total. The van der Waals surface area contributed by atoms with Gasteiger partial charge in [0.15, 0.2) is 0 Å². The topological polar surface area (TPSA) is 65.1 Å². The molecule has 0 radical (unpaired) electrons. The minimum atomic E-state index is -0.877. The number of nitrogens with zero attached hydrogens (tertiary/aromatic N) is 1. The van der Waals surface area contributed by atoms with Crippen LogP contribution in [0.5, 0.6) is 0 Å². The summed E-state index contributed by atoms with van der Waals surface area (Å²) in [6.45, 7) is 1.56. The maximum absolute atomic E-state index is 12.2. The second-order valence-electron chi connectivity index (χ2n) is 6.11. The number of rotatable bonds is 10. The maximum atomic E-state index is 12.2. The second-order valence-corrected chi connectivity index (χ2v) is 6.11. The average Bonchev–Trinajstić information content (AvgIpc) is 2.73. The van der Waals surface area contributed by atoms with Gasteiger partial charge < -0.3 is 14.2 Å². The number of hydrogen-bond donors (Lipinski definition) is 0. The van der Waals surface area contributed by atoms with Gasteiger partial charge >= 0.3 is 11.9 Å². The van der Waals surface area contributed by atoms with Crippen LogP contribution in [0.25, 0.3) is 0 Å². The number of carbonyl (C=O) groups excluding carboxylic acids is 2. The third kappa shape index (κ3) is 7.25. The quantitative estimate of drug-likeness (QED) is 0.357. The fourth-order valence-electron chi connectivity index (χ4n) is 2.67. The van der Waals surface area contributed by atoms with Gasteiger partial charge in [-0.25, -0.2) is 9.59 Å². The highest BCUT2D eigenvalue weighted by molar-refractivity contribution is 5.81. The van der Waals surface area contributed by atoms with Crippen LogP contribution in [-0.4, -0.2) is 43.7 Å². The van der Waals surface area contributed by atoms with Crippen molar-refractivity contribution in [2.45, 2.75) is 19.2 Å². The number of esters is 2. The van der Waals surface area contributed by atoms with Gasteiger partial charge in [-0.15, -0.1) is 0 Å². The summed E-state index contributed by atoms with van der Waals surface area (Å²) < 4.78 is 14.9. The van der Waals surface area contributed by atoms with E-state index in [0.29, 0.717) is 19.6 Å². The number of ether oxygens (including phenoxy) is 3. The van der Waals surface area contributed by atoms with Crippen molar-refractivity contribution in [3.05, 3.63) is 84.1 Å². The third-order valence-corrected chi connectivity index (χ3v) is 4.03. The van der Waals surface area contributed by atoms with Crippen LogP contribution in [0.2, 0.25) is 0 Å². The minimum Gasteiger partial charge on any atom is -0.485 e. The molecule has 0 aliphatic carbocycles. The van der Waals surface area contributed by atoms with Crippen molar-refractivity contribution in [2.75, 3.05) is 20.8 Å². The zero-order valence-electron chi connectivity index (χ0n) is 16.1. The van der Waals surface area contributed by atoms with Crippen molar-refractivity contribution in [1.29, 1.82) is 0 Å². The molecule has 0 spiro atoms. The van der Waals surface area contributed by atoms with Gasteiger partial charge in [0.25, 0.3) is 0 Å². The highest BCUT2D eigenvalue weighted by Gasteiger charge is 2.23. The van der Waals surface area contributed by atoms with Crippen molar-refractivity contribution in [2.24, 2.45) is 0 Å². The number of hydrogen-bond acceptors (Lipinski definition) is 6.